The molecular weight excluding hydrogens is 276 g/mol. The average molecular weight is 296 g/mol. The smallest absolute Gasteiger partial charge is 0.324 e. The third kappa shape index (κ3) is 3.71. The number of urea groups is 1. The van der Waals surface area contributed by atoms with Crippen LogP contribution in [-0.4, -0.2) is 66.3 Å². The van der Waals surface area contributed by atoms with Crippen LogP contribution in [0, 0.1) is 5.92 Å². The van der Waals surface area contributed by atoms with E-state index in [1.807, 2.05) is 0 Å². The number of likely N-dealkylation sites (tertiary alicyclic amines) is 1. The van der Waals surface area contributed by atoms with Crippen LogP contribution in [0.2, 0.25) is 0 Å². The maximum absolute atomic E-state index is 12.0. The maximum atomic E-state index is 12.0. The zero-order chi connectivity index (χ0) is 15.4. The third-order valence-electron chi connectivity index (χ3n) is 3.88. The lowest BCUT2D eigenvalue weighted by atomic mass is 9.96. The number of carbonyl (C=O) groups excluding carboxylic acids is 4. The first-order valence-electron chi connectivity index (χ1n) is 7.10. The molecule has 0 aliphatic carbocycles. The second-order valence-corrected chi connectivity index (χ2v) is 5.28. The molecule has 116 valence electrons. The summed E-state index contributed by atoms with van der Waals surface area (Å²) < 4.78 is 0. The van der Waals surface area contributed by atoms with E-state index in [-0.39, 0.29) is 43.3 Å². The van der Waals surface area contributed by atoms with Crippen molar-refractivity contribution in [2.45, 2.75) is 19.8 Å². The topological polar surface area (TPSA) is 98.8 Å². The highest BCUT2D eigenvalue weighted by Gasteiger charge is 2.29. The van der Waals surface area contributed by atoms with E-state index >= 15 is 0 Å². The number of piperidine rings is 1. The highest BCUT2D eigenvalue weighted by atomic mass is 16.2. The Bertz CT molecular complexity index is 441. The van der Waals surface area contributed by atoms with Crippen LogP contribution in [0.3, 0.4) is 0 Å². The summed E-state index contributed by atoms with van der Waals surface area (Å²) in [6.07, 6.45) is 1.29. The van der Waals surface area contributed by atoms with E-state index in [9.17, 15) is 19.2 Å². The fourth-order valence-electron chi connectivity index (χ4n) is 2.57. The molecule has 21 heavy (non-hydrogen) atoms. The summed E-state index contributed by atoms with van der Waals surface area (Å²) in [4.78, 5) is 48.7. The van der Waals surface area contributed by atoms with Gasteiger partial charge in [-0.2, -0.15) is 0 Å². The Kier molecular flexibility index (Phi) is 4.77. The summed E-state index contributed by atoms with van der Waals surface area (Å²) >= 11 is 0. The minimum absolute atomic E-state index is 0.0241. The van der Waals surface area contributed by atoms with Gasteiger partial charge in [0.1, 0.15) is 0 Å². The Morgan fingerprint density at radius 3 is 2.48 bits per heavy atom. The zero-order valence-corrected chi connectivity index (χ0v) is 12.1. The fourth-order valence-corrected chi connectivity index (χ4v) is 2.57. The minimum atomic E-state index is -0.413. The summed E-state index contributed by atoms with van der Waals surface area (Å²) in [5, 5.41) is 5.17. The molecule has 8 heteroatoms. The van der Waals surface area contributed by atoms with Gasteiger partial charge in [-0.25, -0.2) is 4.79 Å². The summed E-state index contributed by atoms with van der Waals surface area (Å²) in [7, 11) is 0. The number of hydrogen-bond donors (Lipinski definition) is 2. The van der Waals surface area contributed by atoms with E-state index in [2.05, 4.69) is 10.6 Å². The van der Waals surface area contributed by atoms with Crippen molar-refractivity contribution < 1.29 is 19.2 Å². The molecule has 0 aromatic rings. The van der Waals surface area contributed by atoms with E-state index in [1.54, 1.807) is 4.90 Å². The molecule has 2 saturated heterocycles. The predicted molar refractivity (Wildman–Crippen MR) is 73.1 cm³/mol. The van der Waals surface area contributed by atoms with Crippen molar-refractivity contribution in [1.82, 2.24) is 20.4 Å². The summed E-state index contributed by atoms with van der Waals surface area (Å²) in [6, 6.07) is -0.413. The number of rotatable bonds is 4. The van der Waals surface area contributed by atoms with Gasteiger partial charge in [0.15, 0.2) is 0 Å². The van der Waals surface area contributed by atoms with Gasteiger partial charge in [-0.1, -0.05) is 0 Å². The van der Waals surface area contributed by atoms with E-state index < -0.39 is 6.03 Å². The van der Waals surface area contributed by atoms with Crippen LogP contribution in [0.15, 0.2) is 0 Å². The predicted octanol–water partition coefficient (Wildman–Crippen LogP) is -1.09. The molecule has 2 fully saturated rings. The van der Waals surface area contributed by atoms with Crippen LogP contribution < -0.4 is 10.6 Å². The van der Waals surface area contributed by atoms with Gasteiger partial charge in [-0.15, -0.1) is 0 Å². The van der Waals surface area contributed by atoms with Crippen LogP contribution in [0.1, 0.15) is 19.8 Å². The summed E-state index contributed by atoms with van der Waals surface area (Å²) in [5.74, 6) is -0.426. The molecule has 0 unspecified atom stereocenters. The van der Waals surface area contributed by atoms with Gasteiger partial charge in [0.05, 0.1) is 6.54 Å². The molecule has 0 bridgehead atoms. The lowest BCUT2D eigenvalue weighted by molar-refractivity contribution is -0.134. The molecule has 5 amide bonds. The van der Waals surface area contributed by atoms with Crippen molar-refractivity contribution in [3.8, 4) is 0 Å². The quantitative estimate of drug-likeness (QED) is 0.644. The van der Waals surface area contributed by atoms with Crippen LogP contribution in [0.5, 0.6) is 0 Å². The Labute approximate surface area is 122 Å². The van der Waals surface area contributed by atoms with Crippen LogP contribution in [-0.2, 0) is 14.4 Å². The maximum Gasteiger partial charge on any atom is 0.324 e. The lowest BCUT2D eigenvalue weighted by Crippen LogP contribution is -2.44. The molecule has 0 radical (unpaired) electrons. The van der Waals surface area contributed by atoms with Gasteiger partial charge in [0.2, 0.25) is 17.7 Å². The van der Waals surface area contributed by atoms with Crippen molar-refractivity contribution in [3.05, 3.63) is 0 Å². The van der Waals surface area contributed by atoms with Crippen LogP contribution in [0.4, 0.5) is 4.79 Å². The molecular formula is C13H20N4O4. The number of carbonyl (C=O) groups is 4. The molecule has 0 atom stereocenters. The Hall–Kier alpha value is -2.12. The number of nitrogens with one attached hydrogen (secondary N) is 2. The number of amides is 5. The van der Waals surface area contributed by atoms with Crippen molar-refractivity contribution in [3.63, 3.8) is 0 Å². The SMILES string of the molecule is CC(=O)N1CCC(C(=O)NCCN2C(=O)CNC2=O)CC1. The normalized spacial score (nSPS) is 19.7. The van der Waals surface area contributed by atoms with Crippen molar-refractivity contribution in [1.29, 1.82) is 0 Å². The molecule has 2 aliphatic rings. The van der Waals surface area contributed by atoms with E-state index in [1.165, 1.54) is 6.92 Å². The van der Waals surface area contributed by atoms with E-state index in [4.69, 9.17) is 0 Å². The van der Waals surface area contributed by atoms with Gasteiger partial charge < -0.3 is 15.5 Å². The van der Waals surface area contributed by atoms with Gasteiger partial charge in [-0.3, -0.25) is 19.3 Å². The standard InChI is InChI=1S/C13H20N4O4/c1-9(18)16-5-2-10(3-6-16)12(20)14-4-7-17-11(19)8-15-13(17)21/h10H,2-8H2,1H3,(H,14,20)(H,15,21). The first kappa shape index (κ1) is 15.3. The molecule has 0 aromatic heterocycles. The molecule has 2 aliphatic heterocycles. The lowest BCUT2D eigenvalue weighted by Gasteiger charge is -2.30. The van der Waals surface area contributed by atoms with E-state index in [0.29, 0.717) is 25.9 Å². The van der Waals surface area contributed by atoms with Gasteiger partial charge in [-0.05, 0) is 12.8 Å². The van der Waals surface area contributed by atoms with Crippen LogP contribution in [0.25, 0.3) is 0 Å². The summed E-state index contributed by atoms with van der Waals surface area (Å²) in [6.45, 7) is 3.18. The average Bonchev–Trinajstić information content (AvgIpc) is 2.79. The molecule has 2 heterocycles. The largest absolute Gasteiger partial charge is 0.354 e. The molecule has 2 rings (SSSR count). The fraction of sp³-hybridized carbons (Fsp3) is 0.692. The van der Waals surface area contributed by atoms with E-state index in [0.717, 1.165) is 4.90 Å². The number of imide groups is 1. The first-order chi connectivity index (χ1) is 9.99. The Morgan fingerprint density at radius 1 is 1.29 bits per heavy atom. The highest BCUT2D eigenvalue weighted by Crippen LogP contribution is 2.17. The monoisotopic (exact) mass is 296 g/mol. The van der Waals surface area contributed by atoms with Gasteiger partial charge in [0.25, 0.3) is 0 Å². The van der Waals surface area contributed by atoms with Gasteiger partial charge in [0, 0.05) is 39.0 Å². The third-order valence-corrected chi connectivity index (χ3v) is 3.88. The second-order valence-electron chi connectivity index (χ2n) is 5.28. The molecule has 0 aromatic carbocycles. The first-order valence-corrected chi connectivity index (χ1v) is 7.10. The van der Waals surface area contributed by atoms with Crippen LogP contribution >= 0.6 is 0 Å². The zero-order valence-electron chi connectivity index (χ0n) is 12.1. The van der Waals surface area contributed by atoms with Crippen molar-refractivity contribution in [2.24, 2.45) is 5.92 Å². The highest BCUT2D eigenvalue weighted by molar-refractivity contribution is 6.01. The molecule has 2 N–H and O–H groups in total. The molecule has 0 spiro atoms. The summed E-state index contributed by atoms with van der Waals surface area (Å²) in [5.41, 5.74) is 0. The minimum Gasteiger partial charge on any atom is -0.354 e. The molecule has 0 saturated carbocycles. The second kappa shape index (κ2) is 6.55. The van der Waals surface area contributed by atoms with Gasteiger partial charge >= 0.3 is 6.03 Å². The molecule has 8 nitrogen and oxygen atoms in total. The Morgan fingerprint density at radius 2 is 1.95 bits per heavy atom. The Balaban J connectivity index is 1.69. The number of hydrogen-bond acceptors (Lipinski definition) is 4. The van der Waals surface area contributed by atoms with Crippen molar-refractivity contribution >= 4 is 23.8 Å². The number of nitrogens with zero attached hydrogens (tertiary/aromatic N) is 2. The van der Waals surface area contributed by atoms with Crippen molar-refractivity contribution in [2.75, 3.05) is 32.7 Å².